The molecule has 0 atom stereocenters. The maximum Gasteiger partial charge on any atom is 0.242 e. The molecule has 0 spiro atoms. The van der Waals surface area contributed by atoms with Crippen molar-refractivity contribution in [3.05, 3.63) is 18.0 Å². The highest BCUT2D eigenvalue weighted by molar-refractivity contribution is 7.89. The normalized spacial score (nSPS) is 24.2. The summed E-state index contributed by atoms with van der Waals surface area (Å²) in [5.74, 6) is 0.768. The molecule has 0 unspecified atom stereocenters. The molecule has 3 aliphatic carbocycles. The van der Waals surface area contributed by atoms with Crippen molar-refractivity contribution in [2.45, 2.75) is 56.0 Å². The fourth-order valence-electron chi connectivity index (χ4n) is 3.13. The Morgan fingerprint density at radius 1 is 1.24 bits per heavy atom. The predicted molar refractivity (Wildman–Crippen MR) is 80.2 cm³/mol. The van der Waals surface area contributed by atoms with E-state index in [-0.39, 0.29) is 0 Å². The van der Waals surface area contributed by atoms with Crippen LogP contribution in [-0.4, -0.2) is 26.0 Å². The van der Waals surface area contributed by atoms with Crippen LogP contribution in [-0.2, 0) is 16.6 Å². The van der Waals surface area contributed by atoms with E-state index in [0.29, 0.717) is 29.4 Å². The van der Waals surface area contributed by atoms with E-state index in [4.69, 9.17) is 0 Å². The molecule has 0 amide bonds. The highest BCUT2D eigenvalue weighted by Crippen LogP contribution is 2.60. The van der Waals surface area contributed by atoms with Gasteiger partial charge in [0.25, 0.3) is 0 Å². The molecule has 3 aliphatic rings. The molecule has 3 saturated carbocycles. The van der Waals surface area contributed by atoms with Crippen molar-refractivity contribution in [2.24, 2.45) is 11.3 Å². The zero-order valence-corrected chi connectivity index (χ0v) is 13.0. The van der Waals surface area contributed by atoms with Gasteiger partial charge in [-0.05, 0) is 55.9 Å². The van der Waals surface area contributed by atoms with Crippen molar-refractivity contribution in [3.8, 4) is 0 Å². The van der Waals surface area contributed by atoms with Crippen molar-refractivity contribution in [2.75, 3.05) is 6.54 Å². The van der Waals surface area contributed by atoms with Crippen molar-refractivity contribution in [1.29, 1.82) is 0 Å². The maximum atomic E-state index is 12.4. The molecule has 0 bridgehead atoms. The number of hydrogen-bond acceptors (Lipinski definition) is 3. The molecule has 1 heterocycles. The zero-order chi connectivity index (χ0) is 14.5. The Morgan fingerprint density at radius 3 is 2.62 bits per heavy atom. The summed E-state index contributed by atoms with van der Waals surface area (Å²) in [6.07, 6.45) is 9.00. The number of aromatic amines is 1. The first kappa shape index (κ1) is 13.8. The van der Waals surface area contributed by atoms with Crippen LogP contribution < -0.4 is 10.0 Å². The quantitative estimate of drug-likeness (QED) is 0.685. The third kappa shape index (κ3) is 3.03. The van der Waals surface area contributed by atoms with Crippen LogP contribution >= 0.6 is 0 Å². The molecule has 3 N–H and O–H groups in total. The number of aromatic nitrogens is 1. The van der Waals surface area contributed by atoms with Gasteiger partial charge in [-0.1, -0.05) is 0 Å². The molecule has 21 heavy (non-hydrogen) atoms. The average molecular weight is 309 g/mol. The van der Waals surface area contributed by atoms with Gasteiger partial charge in [0.2, 0.25) is 10.0 Å². The van der Waals surface area contributed by atoms with Crippen LogP contribution in [0.2, 0.25) is 0 Å². The van der Waals surface area contributed by atoms with E-state index < -0.39 is 10.0 Å². The molecular formula is C15H23N3O2S. The fourth-order valence-corrected chi connectivity index (χ4v) is 4.28. The van der Waals surface area contributed by atoms with Gasteiger partial charge < -0.3 is 10.3 Å². The summed E-state index contributed by atoms with van der Waals surface area (Å²) < 4.78 is 27.5. The van der Waals surface area contributed by atoms with Crippen LogP contribution in [0.25, 0.3) is 0 Å². The van der Waals surface area contributed by atoms with Crippen LogP contribution in [0.15, 0.2) is 17.2 Å². The predicted octanol–water partition coefficient (Wildman–Crippen LogP) is 1.74. The molecule has 3 fully saturated rings. The third-order valence-electron chi connectivity index (χ3n) is 5.14. The summed E-state index contributed by atoms with van der Waals surface area (Å²) in [4.78, 5) is 3.42. The second kappa shape index (κ2) is 4.83. The molecule has 0 aromatic carbocycles. The standard InChI is InChI=1S/C15H23N3O2S/c19-21(20,18-10-15(5-6-15)11-1-2-11)14-7-13(17-9-14)8-16-12-3-4-12/h7,9,11-12,16-18H,1-6,8,10H2. The largest absolute Gasteiger partial charge is 0.363 e. The molecule has 4 rings (SSSR count). The lowest BCUT2D eigenvalue weighted by molar-refractivity contribution is 0.432. The van der Waals surface area contributed by atoms with Crippen LogP contribution in [0.1, 0.15) is 44.2 Å². The van der Waals surface area contributed by atoms with Gasteiger partial charge in [-0.2, -0.15) is 0 Å². The molecule has 6 heteroatoms. The Morgan fingerprint density at radius 2 is 2.00 bits per heavy atom. The average Bonchev–Trinajstić information content (AvgIpc) is 3.31. The van der Waals surface area contributed by atoms with Crippen molar-refractivity contribution < 1.29 is 8.42 Å². The van der Waals surface area contributed by atoms with Crippen LogP contribution in [0, 0.1) is 11.3 Å². The van der Waals surface area contributed by atoms with Gasteiger partial charge in [0, 0.05) is 31.0 Å². The molecule has 0 saturated heterocycles. The van der Waals surface area contributed by atoms with Gasteiger partial charge in [0.05, 0.1) is 4.90 Å². The van der Waals surface area contributed by atoms with Crippen LogP contribution in [0.3, 0.4) is 0 Å². The smallest absolute Gasteiger partial charge is 0.242 e. The highest BCUT2D eigenvalue weighted by Gasteiger charge is 2.53. The molecule has 1 aromatic rings. The first-order chi connectivity index (χ1) is 10.1. The second-order valence-corrected chi connectivity index (χ2v) is 8.74. The molecule has 0 aliphatic heterocycles. The van der Waals surface area contributed by atoms with Crippen LogP contribution in [0.4, 0.5) is 0 Å². The fraction of sp³-hybridized carbons (Fsp3) is 0.733. The number of nitrogens with one attached hydrogen (secondary N) is 3. The second-order valence-electron chi connectivity index (χ2n) is 6.98. The minimum absolute atomic E-state index is 0.291. The monoisotopic (exact) mass is 309 g/mol. The molecule has 116 valence electrons. The molecule has 5 nitrogen and oxygen atoms in total. The van der Waals surface area contributed by atoms with E-state index in [1.165, 1.54) is 38.5 Å². The Bertz CT molecular complexity index is 625. The minimum Gasteiger partial charge on any atom is -0.363 e. The van der Waals surface area contributed by atoms with E-state index in [2.05, 4.69) is 15.0 Å². The SMILES string of the molecule is O=S(=O)(NCC1(C2CC2)CC1)c1c[nH]c(CNC2CC2)c1. The summed E-state index contributed by atoms with van der Waals surface area (Å²) in [6, 6.07) is 2.37. The van der Waals surface area contributed by atoms with Gasteiger partial charge in [0.1, 0.15) is 0 Å². The van der Waals surface area contributed by atoms with Gasteiger partial charge in [-0.25, -0.2) is 13.1 Å². The van der Waals surface area contributed by atoms with E-state index in [0.717, 1.165) is 11.6 Å². The lowest BCUT2D eigenvalue weighted by atomic mass is 10.0. The van der Waals surface area contributed by atoms with E-state index >= 15 is 0 Å². The Hall–Kier alpha value is -0.850. The molecular weight excluding hydrogens is 286 g/mol. The van der Waals surface area contributed by atoms with Gasteiger partial charge in [0.15, 0.2) is 0 Å². The van der Waals surface area contributed by atoms with Crippen molar-refractivity contribution in [1.82, 2.24) is 15.0 Å². The van der Waals surface area contributed by atoms with Crippen LogP contribution in [0.5, 0.6) is 0 Å². The van der Waals surface area contributed by atoms with Gasteiger partial charge >= 0.3 is 0 Å². The summed E-state index contributed by atoms with van der Waals surface area (Å²) in [5.41, 5.74) is 1.23. The number of hydrogen-bond donors (Lipinski definition) is 3. The summed E-state index contributed by atoms with van der Waals surface area (Å²) in [6.45, 7) is 1.33. The minimum atomic E-state index is -3.37. The Labute approximate surface area is 125 Å². The van der Waals surface area contributed by atoms with Crippen molar-refractivity contribution >= 4 is 10.0 Å². The maximum absolute atomic E-state index is 12.4. The summed E-state index contributed by atoms with van der Waals surface area (Å²) in [5, 5.41) is 3.38. The molecule has 0 radical (unpaired) electrons. The number of H-pyrrole nitrogens is 1. The van der Waals surface area contributed by atoms with E-state index in [1.807, 2.05) is 0 Å². The van der Waals surface area contributed by atoms with Gasteiger partial charge in [-0.3, -0.25) is 0 Å². The molecule has 1 aromatic heterocycles. The third-order valence-corrected chi connectivity index (χ3v) is 6.52. The first-order valence-electron chi connectivity index (χ1n) is 7.98. The zero-order valence-electron chi connectivity index (χ0n) is 12.2. The highest BCUT2D eigenvalue weighted by atomic mass is 32.2. The topological polar surface area (TPSA) is 74.0 Å². The van der Waals surface area contributed by atoms with E-state index in [9.17, 15) is 8.42 Å². The summed E-state index contributed by atoms with van der Waals surface area (Å²) in [7, 11) is -3.37. The van der Waals surface area contributed by atoms with E-state index in [1.54, 1.807) is 12.3 Å². The first-order valence-corrected chi connectivity index (χ1v) is 9.46. The van der Waals surface area contributed by atoms with Gasteiger partial charge in [-0.15, -0.1) is 0 Å². The lowest BCUT2D eigenvalue weighted by Crippen LogP contribution is -2.31. The Balaban J connectivity index is 1.36. The van der Waals surface area contributed by atoms with Crippen molar-refractivity contribution in [3.63, 3.8) is 0 Å². The lowest BCUT2D eigenvalue weighted by Gasteiger charge is -2.14. The Kier molecular flexibility index (Phi) is 3.17. The number of sulfonamides is 1. The number of rotatable bonds is 8. The summed E-state index contributed by atoms with van der Waals surface area (Å²) >= 11 is 0.